The van der Waals surface area contributed by atoms with Crippen molar-refractivity contribution in [2.75, 3.05) is 37.2 Å². The molecule has 0 aliphatic carbocycles. The van der Waals surface area contributed by atoms with Crippen LogP contribution in [0.5, 0.6) is 0 Å². The number of rotatable bonds is 4. The first kappa shape index (κ1) is 20.8. The minimum Gasteiger partial charge on any atom is -0.335 e. The van der Waals surface area contributed by atoms with Gasteiger partial charge in [-0.15, -0.1) is 0 Å². The lowest BCUT2D eigenvalue weighted by molar-refractivity contribution is 0.0535. The normalized spacial score (nSPS) is 14.6. The molecule has 0 bridgehead atoms. The molecule has 0 unspecified atom stereocenters. The van der Waals surface area contributed by atoms with Gasteiger partial charge in [0.1, 0.15) is 5.82 Å². The summed E-state index contributed by atoms with van der Waals surface area (Å²) in [5.74, 6) is -0.831. The van der Waals surface area contributed by atoms with Gasteiger partial charge in [-0.25, -0.2) is 12.8 Å². The number of piperazine rings is 1. The lowest BCUT2D eigenvalue weighted by atomic mass is 10.1. The maximum atomic E-state index is 13.0. The molecule has 1 aliphatic rings. The summed E-state index contributed by atoms with van der Waals surface area (Å²) in [5, 5.41) is 0. The van der Waals surface area contributed by atoms with Gasteiger partial charge >= 0.3 is 0 Å². The largest absolute Gasteiger partial charge is 0.335 e. The van der Waals surface area contributed by atoms with Crippen LogP contribution in [0, 0.1) is 12.7 Å². The van der Waals surface area contributed by atoms with E-state index >= 15 is 0 Å². The van der Waals surface area contributed by atoms with Crippen molar-refractivity contribution in [3.05, 3.63) is 65.0 Å². The van der Waals surface area contributed by atoms with E-state index in [-0.39, 0.29) is 11.8 Å². The molecule has 2 aromatic rings. The van der Waals surface area contributed by atoms with E-state index in [1.165, 1.54) is 30.3 Å². The fourth-order valence-electron chi connectivity index (χ4n) is 3.13. The van der Waals surface area contributed by atoms with E-state index in [0.717, 1.165) is 6.26 Å². The van der Waals surface area contributed by atoms with Crippen LogP contribution in [-0.2, 0) is 10.0 Å². The van der Waals surface area contributed by atoms with Gasteiger partial charge in [-0.2, -0.15) is 0 Å². The first-order valence-electron chi connectivity index (χ1n) is 9.06. The van der Waals surface area contributed by atoms with Crippen LogP contribution in [0.4, 0.5) is 10.1 Å². The predicted molar refractivity (Wildman–Crippen MR) is 108 cm³/mol. The number of amides is 2. The highest BCUT2D eigenvalue weighted by molar-refractivity contribution is 7.92. The summed E-state index contributed by atoms with van der Waals surface area (Å²) in [7, 11) is -3.46. The number of aryl methyl sites for hydroxylation is 1. The van der Waals surface area contributed by atoms with E-state index in [9.17, 15) is 22.4 Å². The molecule has 1 aliphatic heterocycles. The summed E-state index contributed by atoms with van der Waals surface area (Å²) in [6.07, 6.45) is 1.05. The molecule has 29 heavy (non-hydrogen) atoms. The third kappa shape index (κ3) is 5.11. The van der Waals surface area contributed by atoms with E-state index in [4.69, 9.17) is 0 Å². The van der Waals surface area contributed by atoms with Crippen molar-refractivity contribution < 1.29 is 22.4 Å². The van der Waals surface area contributed by atoms with Crippen LogP contribution in [-0.4, -0.2) is 62.5 Å². The molecule has 0 saturated carbocycles. The lowest BCUT2D eigenvalue weighted by Gasteiger charge is -2.35. The summed E-state index contributed by atoms with van der Waals surface area (Å²) in [6, 6.07) is 10.2. The topological polar surface area (TPSA) is 86.8 Å². The Morgan fingerprint density at radius 2 is 1.38 bits per heavy atom. The average molecular weight is 419 g/mol. The molecule has 1 saturated heterocycles. The monoisotopic (exact) mass is 419 g/mol. The van der Waals surface area contributed by atoms with Crippen molar-refractivity contribution in [2.45, 2.75) is 6.92 Å². The molecule has 1 fully saturated rings. The molecule has 9 heteroatoms. The van der Waals surface area contributed by atoms with E-state index in [1.807, 2.05) is 0 Å². The highest BCUT2D eigenvalue weighted by Crippen LogP contribution is 2.20. The molecular weight excluding hydrogens is 397 g/mol. The number of halogens is 1. The molecule has 0 aromatic heterocycles. The number of carbonyl (C=O) groups is 2. The third-order valence-corrected chi connectivity index (χ3v) is 5.32. The number of hydrogen-bond donors (Lipinski definition) is 1. The quantitative estimate of drug-likeness (QED) is 0.822. The fraction of sp³-hybridized carbons (Fsp3) is 0.300. The Hall–Kier alpha value is -2.94. The minimum atomic E-state index is -3.46. The Kier molecular flexibility index (Phi) is 5.88. The van der Waals surface area contributed by atoms with Crippen molar-refractivity contribution in [3.8, 4) is 0 Å². The zero-order valence-electron chi connectivity index (χ0n) is 16.2. The minimum absolute atomic E-state index is 0.202. The molecule has 0 atom stereocenters. The Bertz CT molecular complexity index is 1030. The Morgan fingerprint density at radius 3 is 1.90 bits per heavy atom. The first-order valence-corrected chi connectivity index (χ1v) is 11.0. The highest BCUT2D eigenvalue weighted by Gasteiger charge is 2.26. The average Bonchev–Trinajstić information content (AvgIpc) is 2.68. The molecule has 0 radical (unpaired) electrons. The SMILES string of the molecule is Cc1ccc(C(=O)N2CCN(C(=O)c3ccc(F)cc3)CC2)cc1NS(C)(=O)=O. The van der Waals surface area contributed by atoms with Crippen molar-refractivity contribution in [1.29, 1.82) is 0 Å². The lowest BCUT2D eigenvalue weighted by Crippen LogP contribution is -2.50. The first-order chi connectivity index (χ1) is 13.6. The van der Waals surface area contributed by atoms with Crippen LogP contribution >= 0.6 is 0 Å². The van der Waals surface area contributed by atoms with Crippen LogP contribution in [0.2, 0.25) is 0 Å². The summed E-state index contributed by atoms with van der Waals surface area (Å²) < 4.78 is 38.5. The van der Waals surface area contributed by atoms with E-state index in [1.54, 1.807) is 28.9 Å². The van der Waals surface area contributed by atoms with Gasteiger partial charge in [0.15, 0.2) is 0 Å². The maximum absolute atomic E-state index is 13.0. The van der Waals surface area contributed by atoms with Gasteiger partial charge in [0, 0.05) is 37.3 Å². The van der Waals surface area contributed by atoms with Crippen molar-refractivity contribution in [3.63, 3.8) is 0 Å². The van der Waals surface area contributed by atoms with Crippen LogP contribution in [0.25, 0.3) is 0 Å². The smallest absolute Gasteiger partial charge is 0.254 e. The van der Waals surface area contributed by atoms with Gasteiger partial charge < -0.3 is 9.80 Å². The number of sulfonamides is 1. The number of anilines is 1. The van der Waals surface area contributed by atoms with Crippen LogP contribution in [0.15, 0.2) is 42.5 Å². The molecule has 0 spiro atoms. The molecular formula is C20H22FN3O4S. The maximum Gasteiger partial charge on any atom is 0.254 e. The predicted octanol–water partition coefficient (Wildman–Crippen LogP) is 2.10. The molecule has 1 heterocycles. The number of benzene rings is 2. The molecule has 154 valence electrons. The van der Waals surface area contributed by atoms with E-state index < -0.39 is 15.8 Å². The van der Waals surface area contributed by atoms with Crippen molar-refractivity contribution in [1.82, 2.24) is 9.80 Å². The van der Waals surface area contributed by atoms with Gasteiger partial charge in [-0.1, -0.05) is 6.07 Å². The van der Waals surface area contributed by atoms with Gasteiger partial charge in [-0.05, 0) is 48.9 Å². The van der Waals surface area contributed by atoms with Crippen molar-refractivity contribution >= 4 is 27.5 Å². The summed E-state index contributed by atoms with van der Waals surface area (Å²) in [6.45, 7) is 3.19. The van der Waals surface area contributed by atoms with Crippen LogP contribution in [0.1, 0.15) is 26.3 Å². The second kappa shape index (κ2) is 8.20. The highest BCUT2D eigenvalue weighted by atomic mass is 32.2. The van der Waals surface area contributed by atoms with Gasteiger partial charge in [0.25, 0.3) is 11.8 Å². The molecule has 1 N–H and O–H groups in total. The Labute approximate surface area is 169 Å². The fourth-order valence-corrected chi connectivity index (χ4v) is 3.75. The number of nitrogens with one attached hydrogen (secondary N) is 1. The zero-order chi connectivity index (χ0) is 21.2. The second-order valence-corrected chi connectivity index (χ2v) is 8.74. The second-order valence-electron chi connectivity index (χ2n) is 7.00. The summed E-state index contributed by atoms with van der Waals surface area (Å²) >= 11 is 0. The summed E-state index contributed by atoms with van der Waals surface area (Å²) in [5.41, 5.74) is 1.85. The Balaban J connectivity index is 1.66. The van der Waals surface area contributed by atoms with Gasteiger partial charge in [-0.3, -0.25) is 14.3 Å². The number of hydrogen-bond acceptors (Lipinski definition) is 4. The number of carbonyl (C=O) groups excluding carboxylic acids is 2. The van der Waals surface area contributed by atoms with Crippen molar-refractivity contribution in [2.24, 2.45) is 0 Å². The molecule has 3 rings (SSSR count). The summed E-state index contributed by atoms with van der Waals surface area (Å²) in [4.78, 5) is 28.6. The zero-order valence-corrected chi connectivity index (χ0v) is 17.0. The van der Waals surface area contributed by atoms with Crippen LogP contribution < -0.4 is 4.72 Å². The number of nitrogens with zero attached hydrogens (tertiary/aromatic N) is 2. The van der Waals surface area contributed by atoms with Crippen LogP contribution in [0.3, 0.4) is 0 Å². The molecule has 2 amide bonds. The van der Waals surface area contributed by atoms with Gasteiger partial charge in [0.2, 0.25) is 10.0 Å². The van der Waals surface area contributed by atoms with E-state index in [2.05, 4.69) is 4.72 Å². The van der Waals surface area contributed by atoms with Gasteiger partial charge in [0.05, 0.1) is 11.9 Å². The van der Waals surface area contributed by atoms with E-state index in [0.29, 0.717) is 48.6 Å². The standard InChI is InChI=1S/C20H22FN3O4S/c1-14-3-4-16(13-18(14)22-29(2,27)28)20(26)24-11-9-23(10-12-24)19(25)15-5-7-17(21)8-6-15/h3-8,13,22H,9-12H2,1-2H3. The third-order valence-electron chi connectivity index (χ3n) is 4.73. The Morgan fingerprint density at radius 1 is 0.897 bits per heavy atom. The molecule has 7 nitrogen and oxygen atoms in total. The molecule has 2 aromatic carbocycles.